The summed E-state index contributed by atoms with van der Waals surface area (Å²) in [5.41, 5.74) is 6.29. The molecule has 0 unspecified atom stereocenters. The van der Waals surface area contributed by atoms with E-state index in [4.69, 9.17) is 45.8 Å². The van der Waals surface area contributed by atoms with Gasteiger partial charge in [0.1, 0.15) is 0 Å². The molecule has 1 aromatic carbocycles. The summed E-state index contributed by atoms with van der Waals surface area (Å²) in [4.78, 5) is 0. The zero-order chi connectivity index (χ0) is 10.7. The average molecular weight is 250 g/mol. The van der Waals surface area contributed by atoms with Gasteiger partial charge in [-0.15, -0.1) is 0 Å². The Bertz CT molecular complexity index is 361. The van der Waals surface area contributed by atoms with Crippen molar-refractivity contribution in [2.75, 3.05) is 0 Å². The molecule has 0 amide bonds. The van der Waals surface area contributed by atoms with Gasteiger partial charge in [0.2, 0.25) is 0 Å². The molecule has 0 bridgehead atoms. The Morgan fingerprint density at radius 3 is 2.21 bits per heavy atom. The van der Waals surface area contributed by atoms with Crippen LogP contribution in [0, 0.1) is 11.3 Å². The fraction of sp³-hybridized carbons (Fsp3) is 0.222. The van der Waals surface area contributed by atoms with E-state index in [0.29, 0.717) is 20.6 Å². The Morgan fingerprint density at radius 1 is 1.29 bits per heavy atom. The van der Waals surface area contributed by atoms with Crippen LogP contribution in [0.4, 0.5) is 0 Å². The van der Waals surface area contributed by atoms with Crippen molar-refractivity contribution in [2.24, 2.45) is 5.73 Å². The molecular formula is C9H7Cl3N2. The summed E-state index contributed by atoms with van der Waals surface area (Å²) in [5, 5.41) is 9.73. The van der Waals surface area contributed by atoms with Gasteiger partial charge in [-0.1, -0.05) is 34.8 Å². The second-order valence-corrected chi connectivity index (χ2v) is 4.00. The van der Waals surface area contributed by atoms with Gasteiger partial charge in [0.25, 0.3) is 0 Å². The monoisotopic (exact) mass is 248 g/mol. The number of halogens is 3. The summed E-state index contributed by atoms with van der Waals surface area (Å²) in [5.74, 6) is 0. The topological polar surface area (TPSA) is 49.8 Å². The Labute approximate surface area is 97.2 Å². The zero-order valence-electron chi connectivity index (χ0n) is 7.10. The highest BCUT2D eigenvalue weighted by molar-refractivity contribution is 6.39. The van der Waals surface area contributed by atoms with Gasteiger partial charge < -0.3 is 5.73 Å². The van der Waals surface area contributed by atoms with Gasteiger partial charge in [0.05, 0.1) is 12.5 Å². The summed E-state index contributed by atoms with van der Waals surface area (Å²) >= 11 is 17.5. The lowest BCUT2D eigenvalue weighted by molar-refractivity contribution is 0.749. The van der Waals surface area contributed by atoms with E-state index < -0.39 is 6.04 Å². The van der Waals surface area contributed by atoms with E-state index in [-0.39, 0.29) is 6.42 Å². The highest BCUT2D eigenvalue weighted by atomic mass is 35.5. The van der Waals surface area contributed by atoms with E-state index in [2.05, 4.69) is 0 Å². The number of rotatable bonds is 2. The van der Waals surface area contributed by atoms with Crippen molar-refractivity contribution in [1.29, 1.82) is 5.26 Å². The van der Waals surface area contributed by atoms with Crippen LogP contribution in [0.15, 0.2) is 12.1 Å². The van der Waals surface area contributed by atoms with Crippen LogP contribution in [0.2, 0.25) is 15.1 Å². The SMILES string of the molecule is N#CC[C@@H](N)c1c(Cl)cc(Cl)cc1Cl. The lowest BCUT2D eigenvalue weighted by Gasteiger charge is -2.12. The molecule has 0 fully saturated rings. The van der Waals surface area contributed by atoms with Crippen molar-refractivity contribution in [3.63, 3.8) is 0 Å². The standard InChI is InChI=1S/C9H7Cl3N2/c10-5-3-6(11)9(7(12)4-5)8(14)1-2-13/h3-4,8H,1,14H2/t8-/m1/s1. The number of nitrogens with two attached hydrogens (primary N) is 1. The molecule has 0 aliphatic heterocycles. The molecule has 1 rings (SSSR count). The Morgan fingerprint density at radius 2 is 1.79 bits per heavy atom. The van der Waals surface area contributed by atoms with Crippen molar-refractivity contribution in [3.05, 3.63) is 32.8 Å². The number of hydrogen-bond donors (Lipinski definition) is 1. The first-order valence-electron chi connectivity index (χ1n) is 3.83. The molecule has 5 heteroatoms. The van der Waals surface area contributed by atoms with Crippen LogP contribution in [0.25, 0.3) is 0 Å². The molecule has 0 aliphatic rings. The second kappa shape index (κ2) is 4.86. The van der Waals surface area contributed by atoms with Gasteiger partial charge in [0.15, 0.2) is 0 Å². The van der Waals surface area contributed by atoms with Crippen molar-refractivity contribution < 1.29 is 0 Å². The average Bonchev–Trinajstić information content (AvgIpc) is 2.01. The molecule has 0 aromatic heterocycles. The minimum absolute atomic E-state index is 0.168. The fourth-order valence-corrected chi connectivity index (χ4v) is 2.21. The van der Waals surface area contributed by atoms with E-state index in [1.165, 1.54) is 0 Å². The molecule has 1 aromatic rings. The van der Waals surface area contributed by atoms with Gasteiger partial charge in [-0.3, -0.25) is 0 Å². The third kappa shape index (κ3) is 2.52. The summed E-state index contributed by atoms with van der Waals surface area (Å²) < 4.78 is 0. The summed E-state index contributed by atoms with van der Waals surface area (Å²) in [7, 11) is 0. The minimum Gasteiger partial charge on any atom is -0.323 e. The summed E-state index contributed by atoms with van der Waals surface area (Å²) in [6.07, 6.45) is 0.168. The Balaban J connectivity index is 3.15. The van der Waals surface area contributed by atoms with E-state index in [9.17, 15) is 0 Å². The van der Waals surface area contributed by atoms with Gasteiger partial charge >= 0.3 is 0 Å². The molecule has 2 N–H and O–H groups in total. The molecule has 0 saturated carbocycles. The van der Waals surface area contributed by atoms with Crippen LogP contribution in [0.3, 0.4) is 0 Å². The molecule has 0 saturated heterocycles. The maximum atomic E-state index is 8.49. The van der Waals surface area contributed by atoms with Crippen LogP contribution in [0.1, 0.15) is 18.0 Å². The predicted octanol–water partition coefficient (Wildman–Crippen LogP) is 3.56. The van der Waals surface area contributed by atoms with Crippen molar-refractivity contribution in [3.8, 4) is 6.07 Å². The highest BCUT2D eigenvalue weighted by Crippen LogP contribution is 2.33. The number of nitrogens with zero attached hydrogens (tertiary/aromatic N) is 1. The van der Waals surface area contributed by atoms with Crippen LogP contribution in [-0.4, -0.2) is 0 Å². The minimum atomic E-state index is -0.475. The van der Waals surface area contributed by atoms with Crippen LogP contribution in [0.5, 0.6) is 0 Å². The highest BCUT2D eigenvalue weighted by Gasteiger charge is 2.14. The molecule has 1 atom stereocenters. The molecule has 2 nitrogen and oxygen atoms in total. The molecule has 74 valence electrons. The fourth-order valence-electron chi connectivity index (χ4n) is 1.11. The number of benzene rings is 1. The first-order valence-corrected chi connectivity index (χ1v) is 4.96. The third-order valence-corrected chi connectivity index (χ3v) is 2.57. The zero-order valence-corrected chi connectivity index (χ0v) is 9.37. The molecule has 0 heterocycles. The molecule has 0 aliphatic carbocycles. The largest absolute Gasteiger partial charge is 0.323 e. The van der Waals surface area contributed by atoms with E-state index in [0.717, 1.165) is 0 Å². The van der Waals surface area contributed by atoms with Gasteiger partial charge in [0, 0.05) is 26.7 Å². The summed E-state index contributed by atoms with van der Waals surface area (Å²) in [6, 6.07) is 4.60. The first kappa shape index (κ1) is 11.6. The van der Waals surface area contributed by atoms with Gasteiger partial charge in [-0.25, -0.2) is 0 Å². The van der Waals surface area contributed by atoms with Crippen LogP contribution in [-0.2, 0) is 0 Å². The van der Waals surface area contributed by atoms with E-state index in [1.54, 1.807) is 12.1 Å². The van der Waals surface area contributed by atoms with Crippen molar-refractivity contribution >= 4 is 34.8 Å². The lowest BCUT2D eigenvalue weighted by Crippen LogP contribution is -2.10. The Kier molecular flexibility index (Phi) is 4.03. The van der Waals surface area contributed by atoms with Crippen molar-refractivity contribution in [1.82, 2.24) is 0 Å². The predicted molar refractivity (Wildman–Crippen MR) is 58.6 cm³/mol. The van der Waals surface area contributed by atoms with Crippen molar-refractivity contribution in [2.45, 2.75) is 12.5 Å². The Hall–Kier alpha value is -0.460. The smallest absolute Gasteiger partial charge is 0.0641 e. The number of hydrogen-bond acceptors (Lipinski definition) is 2. The second-order valence-electron chi connectivity index (χ2n) is 2.75. The quantitative estimate of drug-likeness (QED) is 0.871. The maximum absolute atomic E-state index is 8.49. The third-order valence-electron chi connectivity index (χ3n) is 1.73. The molecule has 0 spiro atoms. The summed E-state index contributed by atoms with van der Waals surface area (Å²) in [6.45, 7) is 0. The van der Waals surface area contributed by atoms with Gasteiger partial charge in [-0.2, -0.15) is 5.26 Å². The normalized spacial score (nSPS) is 12.2. The lowest BCUT2D eigenvalue weighted by atomic mass is 10.1. The maximum Gasteiger partial charge on any atom is 0.0641 e. The molecular weight excluding hydrogens is 242 g/mol. The van der Waals surface area contributed by atoms with Crippen LogP contribution >= 0.6 is 34.8 Å². The number of nitriles is 1. The van der Waals surface area contributed by atoms with Gasteiger partial charge in [-0.05, 0) is 12.1 Å². The van der Waals surface area contributed by atoms with E-state index >= 15 is 0 Å². The first-order chi connectivity index (χ1) is 6.56. The van der Waals surface area contributed by atoms with E-state index in [1.807, 2.05) is 6.07 Å². The molecule has 0 radical (unpaired) electrons. The van der Waals surface area contributed by atoms with Crippen LogP contribution < -0.4 is 5.73 Å². The molecule has 14 heavy (non-hydrogen) atoms.